The van der Waals surface area contributed by atoms with E-state index < -0.39 is 29.9 Å². The lowest BCUT2D eigenvalue weighted by Gasteiger charge is -2.24. The van der Waals surface area contributed by atoms with Gasteiger partial charge in [-0.1, -0.05) is 26.0 Å². The molecule has 14 heteroatoms. The zero-order chi connectivity index (χ0) is 28.9. The summed E-state index contributed by atoms with van der Waals surface area (Å²) in [6, 6.07) is 4.80. The zero-order valence-corrected chi connectivity index (χ0v) is 23.2. The Morgan fingerprint density at radius 1 is 0.897 bits per heavy atom. The second-order valence-electron chi connectivity index (χ2n) is 9.61. The summed E-state index contributed by atoms with van der Waals surface area (Å²) in [5.74, 6) is -1.27. The molecule has 1 aromatic carbocycles. The van der Waals surface area contributed by atoms with Gasteiger partial charge >= 0.3 is 0 Å². The summed E-state index contributed by atoms with van der Waals surface area (Å²) in [5, 5.41) is 5.86. The maximum absolute atomic E-state index is 13.5. The third-order valence-corrected chi connectivity index (χ3v) is 6.78. The Bertz CT molecular complexity index is 1140. The molecule has 0 fully saturated rings. The van der Waals surface area contributed by atoms with Crippen LogP contribution in [-0.4, -0.2) is 65.7 Å². The number of para-hydroxylation sites is 1. The molecule has 13 nitrogen and oxygen atoms in total. The molecule has 39 heavy (non-hydrogen) atoms. The van der Waals surface area contributed by atoms with Crippen LogP contribution in [0.1, 0.15) is 55.8 Å². The topological polar surface area (TPSA) is 243 Å². The third kappa shape index (κ3) is 10.9. The number of carbonyl (C=O) groups is 3. The number of hydrogen-bond acceptors (Lipinski definition) is 8. The van der Waals surface area contributed by atoms with Crippen LogP contribution in [-0.2, 0) is 9.59 Å². The van der Waals surface area contributed by atoms with Crippen LogP contribution in [0.25, 0.3) is 10.2 Å². The quantitative estimate of drug-likeness (QED) is 0.0627. The Morgan fingerprint density at radius 2 is 1.49 bits per heavy atom. The van der Waals surface area contributed by atoms with Crippen molar-refractivity contribution in [2.24, 2.45) is 44.6 Å². The minimum absolute atomic E-state index is 0.0325. The first-order chi connectivity index (χ1) is 18.5. The Hall–Kier alpha value is -3.78. The lowest BCUT2D eigenvalue weighted by Crippen LogP contribution is -2.54. The van der Waals surface area contributed by atoms with E-state index in [2.05, 4.69) is 25.6 Å². The molecule has 0 spiro atoms. The molecule has 1 heterocycles. The van der Waals surface area contributed by atoms with Crippen LogP contribution in [0.4, 0.5) is 0 Å². The van der Waals surface area contributed by atoms with Crippen molar-refractivity contribution in [3.05, 3.63) is 29.3 Å². The molecule has 0 radical (unpaired) electrons. The number of nitrogens with one attached hydrogen (secondary N) is 2. The Balaban J connectivity index is 2.15. The number of fused-ring (bicyclic) bond motifs is 1. The van der Waals surface area contributed by atoms with Gasteiger partial charge in [0.2, 0.25) is 17.6 Å². The summed E-state index contributed by atoms with van der Waals surface area (Å²) in [6.45, 7) is 4.50. The van der Waals surface area contributed by atoms with Crippen molar-refractivity contribution in [1.82, 2.24) is 15.6 Å². The number of ketones is 1. The van der Waals surface area contributed by atoms with Crippen LogP contribution in [0.15, 0.2) is 34.3 Å². The minimum atomic E-state index is -0.885. The van der Waals surface area contributed by atoms with Crippen LogP contribution >= 0.6 is 11.3 Å². The molecule has 0 saturated heterocycles. The van der Waals surface area contributed by atoms with Gasteiger partial charge in [0.25, 0.3) is 0 Å². The van der Waals surface area contributed by atoms with Gasteiger partial charge in [0.1, 0.15) is 6.04 Å². The van der Waals surface area contributed by atoms with Crippen molar-refractivity contribution in [2.75, 3.05) is 13.1 Å². The summed E-state index contributed by atoms with van der Waals surface area (Å²) in [7, 11) is 0. The molecule has 1 aromatic heterocycles. The van der Waals surface area contributed by atoms with Crippen molar-refractivity contribution in [1.29, 1.82) is 0 Å². The smallest absolute Gasteiger partial charge is 0.243 e. The Kier molecular flexibility index (Phi) is 12.6. The summed E-state index contributed by atoms with van der Waals surface area (Å²) in [4.78, 5) is 51.9. The minimum Gasteiger partial charge on any atom is -0.370 e. The highest BCUT2D eigenvalue weighted by atomic mass is 32.1. The average molecular weight is 561 g/mol. The molecule has 3 atom stereocenters. The fourth-order valence-corrected chi connectivity index (χ4v) is 4.76. The van der Waals surface area contributed by atoms with Gasteiger partial charge in [-0.15, -0.1) is 11.3 Å². The van der Waals surface area contributed by atoms with E-state index in [1.807, 2.05) is 38.1 Å². The summed E-state index contributed by atoms with van der Waals surface area (Å²) >= 11 is 1.26. The predicted octanol–water partition coefficient (Wildman–Crippen LogP) is -0.0708. The molecular weight excluding hydrogens is 520 g/mol. The maximum atomic E-state index is 13.5. The van der Waals surface area contributed by atoms with Gasteiger partial charge < -0.3 is 39.3 Å². The monoisotopic (exact) mass is 560 g/mol. The van der Waals surface area contributed by atoms with E-state index in [0.717, 1.165) is 4.70 Å². The van der Waals surface area contributed by atoms with Crippen molar-refractivity contribution in [2.45, 2.75) is 64.1 Å². The van der Waals surface area contributed by atoms with Gasteiger partial charge in [0.05, 0.1) is 22.3 Å². The number of amides is 2. The summed E-state index contributed by atoms with van der Waals surface area (Å²) in [6.07, 6.45) is 1.92. The number of carbonyl (C=O) groups excluding carboxylic acids is 3. The number of Topliss-reactive ketones (excluding diaryl/α,β-unsaturated/α-hetero) is 1. The Morgan fingerprint density at radius 3 is 2.08 bits per heavy atom. The zero-order valence-electron chi connectivity index (χ0n) is 22.4. The van der Waals surface area contributed by atoms with Crippen LogP contribution in [0, 0.1) is 5.92 Å². The van der Waals surface area contributed by atoms with Crippen molar-refractivity contribution in [3.8, 4) is 0 Å². The van der Waals surface area contributed by atoms with Crippen LogP contribution in [0.3, 0.4) is 0 Å². The van der Waals surface area contributed by atoms with E-state index in [1.165, 1.54) is 11.3 Å². The predicted molar refractivity (Wildman–Crippen MR) is 155 cm³/mol. The molecule has 2 rings (SSSR count). The van der Waals surface area contributed by atoms with Gasteiger partial charge in [-0.25, -0.2) is 4.98 Å². The number of thiazole rings is 1. The molecule has 12 N–H and O–H groups in total. The van der Waals surface area contributed by atoms with E-state index in [0.29, 0.717) is 44.3 Å². The van der Waals surface area contributed by atoms with Gasteiger partial charge in [-0.2, -0.15) is 0 Å². The van der Waals surface area contributed by atoms with Crippen LogP contribution in [0.5, 0.6) is 0 Å². The number of nitrogens with zero attached hydrogens (tertiary/aromatic N) is 3. The molecule has 0 aliphatic rings. The summed E-state index contributed by atoms with van der Waals surface area (Å²) < 4.78 is 0.866. The second kappa shape index (κ2) is 15.6. The van der Waals surface area contributed by atoms with Crippen molar-refractivity contribution < 1.29 is 14.4 Å². The van der Waals surface area contributed by atoms with E-state index >= 15 is 0 Å². The molecule has 0 bridgehead atoms. The normalized spacial score (nSPS) is 13.3. The first kappa shape index (κ1) is 31.4. The lowest BCUT2D eigenvalue weighted by molar-refractivity contribution is -0.130. The molecule has 0 unspecified atom stereocenters. The number of guanidine groups is 2. The molecular formula is C25H40N10O3S. The average Bonchev–Trinajstić information content (AvgIpc) is 3.31. The number of benzene rings is 1. The molecule has 2 aromatic rings. The number of nitrogens with two attached hydrogens (primary N) is 5. The van der Waals surface area contributed by atoms with E-state index in [9.17, 15) is 14.4 Å². The lowest BCUT2D eigenvalue weighted by atomic mass is 10.0. The maximum Gasteiger partial charge on any atom is 0.243 e. The molecule has 0 aliphatic heterocycles. The largest absolute Gasteiger partial charge is 0.370 e. The second-order valence-corrected chi connectivity index (χ2v) is 10.6. The fourth-order valence-electron chi connectivity index (χ4n) is 3.80. The van der Waals surface area contributed by atoms with Crippen LogP contribution in [0.2, 0.25) is 0 Å². The fraction of sp³-hybridized carbons (Fsp3) is 0.520. The Labute approximate surface area is 232 Å². The van der Waals surface area contributed by atoms with E-state index in [-0.39, 0.29) is 35.0 Å². The number of aromatic nitrogens is 1. The number of hydrogen-bond donors (Lipinski definition) is 7. The first-order valence-corrected chi connectivity index (χ1v) is 13.7. The first-order valence-electron chi connectivity index (χ1n) is 12.8. The number of aliphatic imine (C=N–C) groups is 2. The standard InChI is InChI=1S/C25H40N10O3S/c1-14(2)13-18(34-21(37)15(26)7-5-11-31-24(27)28)22(38)33-17(9-6-12-32-25(29)30)20(36)23-35-16-8-3-4-10-19(16)39-23/h3-4,8,10,14-15,17-18H,5-7,9,11-13,26H2,1-2H3,(H,33,38)(H,34,37)(H4,27,28,31)(H4,29,30,32)/t15-,17-,18-/m0/s1. The molecule has 0 aliphatic carbocycles. The van der Waals surface area contributed by atoms with Gasteiger partial charge in [0, 0.05) is 13.1 Å². The van der Waals surface area contributed by atoms with E-state index in [4.69, 9.17) is 28.7 Å². The van der Waals surface area contributed by atoms with Crippen molar-refractivity contribution in [3.63, 3.8) is 0 Å². The SMILES string of the molecule is CC(C)C[C@H](NC(=O)[C@@H](N)CCCN=C(N)N)C(=O)N[C@@H](CCCN=C(N)N)C(=O)c1nc2ccccc2s1. The van der Waals surface area contributed by atoms with Gasteiger partial charge in [0.15, 0.2) is 16.9 Å². The molecule has 0 saturated carbocycles. The highest BCUT2D eigenvalue weighted by Gasteiger charge is 2.30. The number of rotatable bonds is 16. The van der Waals surface area contributed by atoms with Gasteiger partial charge in [-0.05, 0) is 50.2 Å². The van der Waals surface area contributed by atoms with E-state index in [1.54, 1.807) is 0 Å². The highest BCUT2D eigenvalue weighted by Crippen LogP contribution is 2.23. The van der Waals surface area contributed by atoms with Gasteiger partial charge in [-0.3, -0.25) is 24.4 Å². The highest BCUT2D eigenvalue weighted by molar-refractivity contribution is 7.20. The molecule has 2 amide bonds. The summed E-state index contributed by atoms with van der Waals surface area (Å²) in [5.41, 5.74) is 28.2. The van der Waals surface area contributed by atoms with Crippen LogP contribution < -0.4 is 39.3 Å². The molecule has 214 valence electrons. The van der Waals surface area contributed by atoms with Crippen molar-refractivity contribution >= 4 is 51.1 Å². The third-order valence-electron chi connectivity index (χ3n) is 5.73.